The number of ether oxygens (including phenoxy) is 1. The lowest BCUT2D eigenvalue weighted by Gasteiger charge is -2.27. The highest BCUT2D eigenvalue weighted by Crippen LogP contribution is 2.42. The molecule has 0 aliphatic heterocycles. The summed E-state index contributed by atoms with van der Waals surface area (Å²) in [7, 11) is 0. The van der Waals surface area contributed by atoms with Crippen LogP contribution in [0.3, 0.4) is 0 Å². The Bertz CT molecular complexity index is 708. The van der Waals surface area contributed by atoms with Crippen LogP contribution in [-0.4, -0.2) is 26.2 Å². The molecule has 1 aliphatic carbocycles. The van der Waals surface area contributed by atoms with Gasteiger partial charge >= 0.3 is 5.97 Å². The number of aryl methyl sites for hydroxylation is 1. The lowest BCUT2D eigenvalue weighted by Crippen LogP contribution is -2.34. The predicted octanol–water partition coefficient (Wildman–Crippen LogP) is 3.68. The second kappa shape index (κ2) is 7.95. The molecule has 1 aromatic heterocycles. The number of halogens is 1. The highest BCUT2D eigenvalue weighted by atomic mass is 35.5. The van der Waals surface area contributed by atoms with Crippen molar-refractivity contribution in [1.82, 2.24) is 20.2 Å². The first kappa shape index (κ1) is 17.9. The summed E-state index contributed by atoms with van der Waals surface area (Å²) in [6.45, 7) is 2.95. The Kier molecular flexibility index (Phi) is 5.68. The molecule has 0 radical (unpaired) electrons. The Morgan fingerprint density at radius 1 is 1.28 bits per heavy atom. The van der Waals surface area contributed by atoms with Gasteiger partial charge in [0, 0.05) is 11.6 Å². The standard InChI is InChI=1S/C18H23ClN4O2/c1-2-3-12-23-16(20-21-22-23)13-25-17(24)18(10-4-5-11-18)14-6-8-15(19)9-7-14/h6-9H,2-5,10-13H2,1H3. The van der Waals surface area contributed by atoms with Gasteiger partial charge < -0.3 is 4.74 Å². The number of esters is 1. The van der Waals surface area contributed by atoms with Crippen LogP contribution in [0.4, 0.5) is 0 Å². The number of aromatic nitrogens is 4. The number of nitrogens with zero attached hydrogens (tertiary/aromatic N) is 4. The van der Waals surface area contributed by atoms with E-state index in [2.05, 4.69) is 22.4 Å². The number of hydrogen-bond donors (Lipinski definition) is 0. The highest BCUT2D eigenvalue weighted by molar-refractivity contribution is 6.30. The molecule has 0 atom stereocenters. The van der Waals surface area contributed by atoms with Gasteiger partial charge in [0.25, 0.3) is 0 Å². The molecule has 0 saturated heterocycles. The third kappa shape index (κ3) is 3.84. The smallest absolute Gasteiger partial charge is 0.317 e. The van der Waals surface area contributed by atoms with Crippen molar-refractivity contribution in [2.24, 2.45) is 0 Å². The molecule has 1 heterocycles. The zero-order valence-corrected chi connectivity index (χ0v) is 15.2. The van der Waals surface area contributed by atoms with Crippen molar-refractivity contribution >= 4 is 17.6 Å². The molecule has 0 unspecified atom stereocenters. The fourth-order valence-corrected chi connectivity index (χ4v) is 3.56. The van der Waals surface area contributed by atoms with E-state index in [0.717, 1.165) is 50.6 Å². The minimum atomic E-state index is -0.577. The third-order valence-corrected chi connectivity index (χ3v) is 5.16. The van der Waals surface area contributed by atoms with Gasteiger partial charge in [0.15, 0.2) is 12.4 Å². The van der Waals surface area contributed by atoms with Gasteiger partial charge in [-0.15, -0.1) is 5.10 Å². The van der Waals surface area contributed by atoms with Gasteiger partial charge in [-0.3, -0.25) is 4.79 Å². The Morgan fingerprint density at radius 2 is 2.00 bits per heavy atom. The topological polar surface area (TPSA) is 69.9 Å². The van der Waals surface area contributed by atoms with E-state index in [-0.39, 0.29) is 12.6 Å². The summed E-state index contributed by atoms with van der Waals surface area (Å²) in [4.78, 5) is 12.9. The lowest BCUT2D eigenvalue weighted by atomic mass is 9.79. The van der Waals surface area contributed by atoms with E-state index < -0.39 is 5.41 Å². The summed E-state index contributed by atoms with van der Waals surface area (Å²) in [5, 5.41) is 12.3. The number of rotatable bonds is 7. The molecule has 0 bridgehead atoms. The molecule has 1 aromatic carbocycles. The van der Waals surface area contributed by atoms with Crippen LogP contribution < -0.4 is 0 Å². The summed E-state index contributed by atoms with van der Waals surface area (Å²) < 4.78 is 7.35. The van der Waals surface area contributed by atoms with Crippen LogP contribution in [0.5, 0.6) is 0 Å². The van der Waals surface area contributed by atoms with Crippen molar-refractivity contribution in [3.63, 3.8) is 0 Å². The molecular formula is C18H23ClN4O2. The zero-order chi connectivity index (χ0) is 17.7. The van der Waals surface area contributed by atoms with Crippen LogP contribution in [0.15, 0.2) is 24.3 Å². The Labute approximate surface area is 152 Å². The van der Waals surface area contributed by atoms with E-state index >= 15 is 0 Å². The maximum atomic E-state index is 12.9. The molecule has 1 aliphatic rings. The van der Waals surface area contributed by atoms with E-state index in [9.17, 15) is 4.79 Å². The molecule has 2 aromatic rings. The summed E-state index contributed by atoms with van der Waals surface area (Å²) in [6, 6.07) is 7.52. The Balaban J connectivity index is 1.72. The summed E-state index contributed by atoms with van der Waals surface area (Å²) in [5.74, 6) is 0.392. The summed E-state index contributed by atoms with van der Waals surface area (Å²) >= 11 is 5.99. The fraction of sp³-hybridized carbons (Fsp3) is 0.556. The normalized spacial score (nSPS) is 16.1. The largest absolute Gasteiger partial charge is 0.457 e. The summed E-state index contributed by atoms with van der Waals surface area (Å²) in [5.41, 5.74) is 0.400. The summed E-state index contributed by atoms with van der Waals surface area (Å²) in [6.07, 6.45) is 5.68. The van der Waals surface area contributed by atoms with Crippen molar-refractivity contribution in [3.05, 3.63) is 40.7 Å². The van der Waals surface area contributed by atoms with Crippen LogP contribution >= 0.6 is 11.6 Å². The van der Waals surface area contributed by atoms with Crippen molar-refractivity contribution in [2.45, 2.75) is 64.0 Å². The molecule has 1 saturated carbocycles. The predicted molar refractivity (Wildman–Crippen MR) is 94.1 cm³/mol. The van der Waals surface area contributed by atoms with Gasteiger partial charge in [-0.25, -0.2) is 4.68 Å². The van der Waals surface area contributed by atoms with Gasteiger partial charge in [0.05, 0.1) is 5.41 Å². The first-order valence-electron chi connectivity index (χ1n) is 8.84. The van der Waals surface area contributed by atoms with E-state index in [1.54, 1.807) is 4.68 Å². The number of hydrogen-bond acceptors (Lipinski definition) is 5. The number of tetrazole rings is 1. The van der Waals surface area contributed by atoms with Crippen molar-refractivity contribution in [3.8, 4) is 0 Å². The van der Waals surface area contributed by atoms with Crippen LogP contribution in [-0.2, 0) is 28.1 Å². The third-order valence-electron chi connectivity index (χ3n) is 4.91. The molecule has 25 heavy (non-hydrogen) atoms. The Morgan fingerprint density at radius 3 is 2.68 bits per heavy atom. The minimum Gasteiger partial charge on any atom is -0.457 e. The van der Waals surface area contributed by atoms with Crippen molar-refractivity contribution in [1.29, 1.82) is 0 Å². The second-order valence-corrected chi connectivity index (χ2v) is 6.98. The van der Waals surface area contributed by atoms with Gasteiger partial charge in [0.1, 0.15) is 0 Å². The Hall–Kier alpha value is -1.95. The fourth-order valence-electron chi connectivity index (χ4n) is 3.43. The van der Waals surface area contributed by atoms with Crippen LogP contribution in [0.2, 0.25) is 5.02 Å². The van der Waals surface area contributed by atoms with E-state index in [0.29, 0.717) is 10.8 Å². The monoisotopic (exact) mass is 362 g/mol. The second-order valence-electron chi connectivity index (χ2n) is 6.54. The molecule has 134 valence electrons. The quantitative estimate of drug-likeness (QED) is 0.702. The van der Waals surface area contributed by atoms with Crippen LogP contribution in [0, 0.1) is 0 Å². The number of benzene rings is 1. The molecule has 0 spiro atoms. The maximum absolute atomic E-state index is 12.9. The highest BCUT2D eigenvalue weighted by Gasteiger charge is 2.44. The minimum absolute atomic E-state index is 0.102. The first-order valence-corrected chi connectivity index (χ1v) is 9.22. The first-order chi connectivity index (χ1) is 12.2. The van der Waals surface area contributed by atoms with Crippen molar-refractivity contribution in [2.75, 3.05) is 0 Å². The van der Waals surface area contributed by atoms with E-state index in [1.807, 2.05) is 24.3 Å². The van der Waals surface area contributed by atoms with Crippen molar-refractivity contribution < 1.29 is 9.53 Å². The molecule has 7 heteroatoms. The molecule has 1 fully saturated rings. The van der Waals surface area contributed by atoms with Crippen LogP contribution in [0.25, 0.3) is 0 Å². The number of carbonyl (C=O) groups excluding carboxylic acids is 1. The molecule has 0 N–H and O–H groups in total. The van der Waals surface area contributed by atoms with Gasteiger partial charge in [0.2, 0.25) is 0 Å². The molecular weight excluding hydrogens is 340 g/mol. The molecule has 0 amide bonds. The van der Waals surface area contributed by atoms with Crippen LogP contribution in [0.1, 0.15) is 56.8 Å². The van der Waals surface area contributed by atoms with Gasteiger partial charge in [-0.05, 0) is 47.4 Å². The average molecular weight is 363 g/mol. The number of carbonyl (C=O) groups is 1. The molecule has 3 rings (SSSR count). The number of unbranched alkanes of at least 4 members (excludes halogenated alkanes) is 1. The van der Waals surface area contributed by atoms with E-state index in [4.69, 9.17) is 16.3 Å². The maximum Gasteiger partial charge on any atom is 0.317 e. The SMILES string of the molecule is CCCCn1nnnc1COC(=O)C1(c2ccc(Cl)cc2)CCCC1. The lowest BCUT2D eigenvalue weighted by molar-refractivity contribution is -0.152. The zero-order valence-electron chi connectivity index (χ0n) is 14.4. The van der Waals surface area contributed by atoms with Gasteiger partial charge in [-0.1, -0.05) is 49.9 Å². The average Bonchev–Trinajstić information content (AvgIpc) is 3.28. The van der Waals surface area contributed by atoms with E-state index in [1.165, 1.54) is 0 Å². The molecule has 6 nitrogen and oxygen atoms in total. The van der Waals surface area contributed by atoms with Gasteiger partial charge in [-0.2, -0.15) is 0 Å².